The Kier molecular flexibility index (Phi) is 4.56. The van der Waals surface area contributed by atoms with Gasteiger partial charge in [-0.2, -0.15) is 0 Å². The van der Waals surface area contributed by atoms with Crippen LogP contribution < -0.4 is 5.56 Å². The number of benzene rings is 1. The number of rotatable bonds is 4. The summed E-state index contributed by atoms with van der Waals surface area (Å²) in [4.78, 5) is 20.9. The van der Waals surface area contributed by atoms with Gasteiger partial charge in [-0.25, -0.2) is 13.4 Å². The molecular weight excluding hydrogens is 326 g/mol. The standard InChI is InChI=1S/C17H21N3O3S/c1-3-12-4-6-13(7-5-12)10-20-9-8-15-14(11-20)16(21)19-17(18-15)24(2,22)23/h4-7H,3,8-11H2,1-2H3,(H,18,19,21). The van der Waals surface area contributed by atoms with Crippen LogP contribution in [-0.4, -0.2) is 36.1 Å². The number of H-pyrrole nitrogens is 1. The second-order valence-electron chi connectivity index (χ2n) is 6.20. The van der Waals surface area contributed by atoms with Crippen molar-refractivity contribution in [2.24, 2.45) is 0 Å². The second kappa shape index (κ2) is 6.49. The van der Waals surface area contributed by atoms with Gasteiger partial charge < -0.3 is 0 Å². The number of aryl methyl sites for hydroxylation is 1. The van der Waals surface area contributed by atoms with Gasteiger partial charge in [-0.3, -0.25) is 14.7 Å². The maximum atomic E-state index is 12.2. The highest BCUT2D eigenvalue weighted by Gasteiger charge is 2.23. The number of aromatic nitrogens is 2. The monoisotopic (exact) mass is 347 g/mol. The third-order valence-electron chi connectivity index (χ3n) is 4.31. The second-order valence-corrected chi connectivity index (χ2v) is 8.13. The Labute approximate surface area is 141 Å². The maximum Gasteiger partial charge on any atom is 0.256 e. The average molecular weight is 347 g/mol. The minimum absolute atomic E-state index is 0.241. The Morgan fingerprint density at radius 3 is 2.50 bits per heavy atom. The number of nitrogens with zero attached hydrogens (tertiary/aromatic N) is 2. The van der Waals surface area contributed by atoms with Crippen LogP contribution in [0.1, 0.15) is 29.3 Å². The summed E-state index contributed by atoms with van der Waals surface area (Å²) in [7, 11) is -3.51. The van der Waals surface area contributed by atoms with E-state index in [4.69, 9.17) is 0 Å². The first-order chi connectivity index (χ1) is 11.4. The van der Waals surface area contributed by atoms with E-state index in [2.05, 4.69) is 46.1 Å². The van der Waals surface area contributed by atoms with Crippen LogP contribution in [-0.2, 0) is 35.8 Å². The smallest absolute Gasteiger partial charge is 0.256 e. The number of hydrogen-bond acceptors (Lipinski definition) is 5. The molecule has 1 aromatic heterocycles. The summed E-state index contributed by atoms with van der Waals surface area (Å²) in [6, 6.07) is 8.48. The van der Waals surface area contributed by atoms with Gasteiger partial charge in [0.05, 0.1) is 11.3 Å². The summed E-state index contributed by atoms with van der Waals surface area (Å²) in [6.45, 7) is 4.12. The van der Waals surface area contributed by atoms with Crippen LogP contribution in [0.2, 0.25) is 0 Å². The Hall–Kier alpha value is -1.99. The molecule has 0 unspecified atom stereocenters. The van der Waals surface area contributed by atoms with Crippen LogP contribution in [0.4, 0.5) is 0 Å². The Balaban J connectivity index is 1.80. The summed E-state index contributed by atoms with van der Waals surface area (Å²) in [5.74, 6) is 0. The molecule has 0 saturated heterocycles. The van der Waals surface area contributed by atoms with Crippen molar-refractivity contribution in [3.05, 3.63) is 57.0 Å². The van der Waals surface area contributed by atoms with Crippen LogP contribution in [0, 0.1) is 0 Å². The lowest BCUT2D eigenvalue weighted by Gasteiger charge is -2.27. The molecule has 0 aliphatic carbocycles. The summed E-state index contributed by atoms with van der Waals surface area (Å²) in [6.07, 6.45) is 2.64. The Bertz CT molecular complexity index is 902. The molecule has 0 amide bonds. The maximum absolute atomic E-state index is 12.2. The van der Waals surface area contributed by atoms with Crippen molar-refractivity contribution in [1.82, 2.24) is 14.9 Å². The van der Waals surface area contributed by atoms with Crippen LogP contribution in [0.25, 0.3) is 0 Å². The number of sulfone groups is 1. The van der Waals surface area contributed by atoms with E-state index >= 15 is 0 Å². The minimum Gasteiger partial charge on any atom is -0.297 e. The van der Waals surface area contributed by atoms with E-state index in [1.54, 1.807) is 0 Å². The van der Waals surface area contributed by atoms with Crippen LogP contribution in [0.15, 0.2) is 34.2 Å². The lowest BCUT2D eigenvalue weighted by molar-refractivity contribution is 0.241. The number of aromatic amines is 1. The van der Waals surface area contributed by atoms with E-state index in [0.717, 1.165) is 25.8 Å². The molecular formula is C17H21N3O3S. The zero-order chi connectivity index (χ0) is 17.3. The quantitative estimate of drug-likeness (QED) is 0.843. The normalized spacial score (nSPS) is 15.2. The van der Waals surface area contributed by atoms with Gasteiger partial charge in [0, 0.05) is 32.3 Å². The van der Waals surface area contributed by atoms with Crippen molar-refractivity contribution in [1.29, 1.82) is 0 Å². The SMILES string of the molecule is CCc1ccc(CN2CCc3nc(S(C)(=O)=O)[nH]c(=O)c3C2)cc1. The largest absolute Gasteiger partial charge is 0.297 e. The van der Waals surface area contributed by atoms with E-state index in [0.29, 0.717) is 24.2 Å². The number of fused-ring (bicyclic) bond motifs is 1. The van der Waals surface area contributed by atoms with Gasteiger partial charge >= 0.3 is 0 Å². The van der Waals surface area contributed by atoms with Crippen LogP contribution in [0.3, 0.4) is 0 Å². The summed E-state index contributed by atoms with van der Waals surface area (Å²) in [5.41, 5.74) is 3.31. The predicted octanol–water partition coefficient (Wildman–Crippen LogP) is 1.29. The third kappa shape index (κ3) is 3.57. The molecule has 0 spiro atoms. The molecule has 0 radical (unpaired) electrons. The van der Waals surface area contributed by atoms with Crippen LogP contribution >= 0.6 is 0 Å². The van der Waals surface area contributed by atoms with Gasteiger partial charge in [0.2, 0.25) is 15.0 Å². The molecule has 128 valence electrons. The van der Waals surface area contributed by atoms with Gasteiger partial charge in [0.15, 0.2) is 0 Å². The Morgan fingerprint density at radius 2 is 1.88 bits per heavy atom. The van der Waals surface area contributed by atoms with E-state index in [9.17, 15) is 13.2 Å². The van der Waals surface area contributed by atoms with Gasteiger partial charge in [0.25, 0.3) is 5.56 Å². The van der Waals surface area contributed by atoms with E-state index in [-0.39, 0.29) is 10.7 Å². The van der Waals surface area contributed by atoms with Gasteiger partial charge in [-0.15, -0.1) is 0 Å². The highest BCUT2D eigenvalue weighted by molar-refractivity contribution is 7.90. The van der Waals surface area contributed by atoms with E-state index in [1.165, 1.54) is 11.1 Å². The van der Waals surface area contributed by atoms with E-state index in [1.807, 2.05) is 0 Å². The fourth-order valence-electron chi connectivity index (χ4n) is 2.91. The molecule has 2 heterocycles. The van der Waals surface area contributed by atoms with Gasteiger partial charge in [-0.1, -0.05) is 31.2 Å². The number of hydrogen-bond donors (Lipinski definition) is 1. The molecule has 0 bridgehead atoms. The molecule has 0 saturated carbocycles. The van der Waals surface area contributed by atoms with Gasteiger partial charge in [-0.05, 0) is 17.5 Å². The van der Waals surface area contributed by atoms with E-state index < -0.39 is 9.84 Å². The average Bonchev–Trinajstić information content (AvgIpc) is 2.55. The van der Waals surface area contributed by atoms with Crippen LogP contribution in [0.5, 0.6) is 0 Å². The highest BCUT2D eigenvalue weighted by atomic mass is 32.2. The minimum atomic E-state index is -3.51. The first-order valence-electron chi connectivity index (χ1n) is 7.99. The first kappa shape index (κ1) is 16.9. The zero-order valence-electron chi connectivity index (χ0n) is 13.9. The van der Waals surface area contributed by atoms with Gasteiger partial charge in [0.1, 0.15) is 0 Å². The molecule has 1 N–H and O–H groups in total. The summed E-state index contributed by atoms with van der Waals surface area (Å²) < 4.78 is 23.2. The van der Waals surface area contributed by atoms with Crippen molar-refractivity contribution in [2.75, 3.05) is 12.8 Å². The summed E-state index contributed by atoms with van der Waals surface area (Å²) >= 11 is 0. The fourth-order valence-corrected chi connectivity index (χ4v) is 3.46. The molecule has 7 heteroatoms. The third-order valence-corrected chi connectivity index (χ3v) is 5.21. The van der Waals surface area contributed by atoms with Crippen molar-refractivity contribution in [2.45, 2.75) is 38.0 Å². The lowest BCUT2D eigenvalue weighted by Crippen LogP contribution is -2.36. The molecule has 1 aromatic carbocycles. The molecule has 1 aliphatic rings. The molecule has 0 atom stereocenters. The lowest BCUT2D eigenvalue weighted by atomic mass is 10.1. The first-order valence-corrected chi connectivity index (χ1v) is 9.88. The predicted molar refractivity (Wildman–Crippen MR) is 91.6 cm³/mol. The highest BCUT2D eigenvalue weighted by Crippen LogP contribution is 2.17. The van der Waals surface area contributed by atoms with Crippen molar-refractivity contribution >= 4 is 9.84 Å². The Morgan fingerprint density at radius 1 is 1.21 bits per heavy atom. The molecule has 3 rings (SSSR count). The van der Waals surface area contributed by atoms with Crippen molar-refractivity contribution < 1.29 is 8.42 Å². The summed E-state index contributed by atoms with van der Waals surface area (Å²) in [5, 5.41) is -0.241. The molecule has 2 aromatic rings. The molecule has 6 nitrogen and oxygen atoms in total. The molecule has 24 heavy (non-hydrogen) atoms. The molecule has 0 fully saturated rings. The topological polar surface area (TPSA) is 83.1 Å². The zero-order valence-corrected chi connectivity index (χ0v) is 14.7. The number of nitrogens with one attached hydrogen (secondary N) is 1. The van der Waals surface area contributed by atoms with Crippen molar-refractivity contribution in [3.8, 4) is 0 Å². The molecule has 1 aliphatic heterocycles. The van der Waals surface area contributed by atoms with Crippen molar-refractivity contribution in [3.63, 3.8) is 0 Å². The fraction of sp³-hybridized carbons (Fsp3) is 0.412.